The smallest absolute Gasteiger partial charge is 0.0346 e. The third kappa shape index (κ3) is 5.69. The Morgan fingerprint density at radius 1 is 0.260 bits per heavy atom. The minimum absolute atomic E-state index is 1.07. The number of hydrogen-bond donors (Lipinski definition) is 0. The van der Waals surface area contributed by atoms with Gasteiger partial charge in [-0.15, -0.1) is 0 Å². The Kier molecular flexibility index (Phi) is 7.45. The standard InChI is InChI=1S/C46H30N4/c1-2-8-32-25-45-43(17-31(32)7-1)24-42(41-20-37(33-9-3-13-47-27-33)18-38(21-41)34-10-4-14-48-28-34)26-46(45)44-22-39(35-11-5-15-49-29-35)19-40(23-44)36-12-6-16-50-30-36/h1-30H. The van der Waals surface area contributed by atoms with Gasteiger partial charge >= 0.3 is 0 Å². The molecule has 4 heteroatoms. The predicted octanol–water partition coefficient (Wildman–Crippen LogP) is 11.6. The van der Waals surface area contributed by atoms with Gasteiger partial charge in [0.05, 0.1) is 0 Å². The summed E-state index contributed by atoms with van der Waals surface area (Å²) < 4.78 is 0. The van der Waals surface area contributed by atoms with E-state index < -0.39 is 0 Å². The predicted molar refractivity (Wildman–Crippen MR) is 205 cm³/mol. The summed E-state index contributed by atoms with van der Waals surface area (Å²) in [5.74, 6) is 0. The van der Waals surface area contributed by atoms with Gasteiger partial charge in [-0.05, 0) is 151 Å². The minimum Gasteiger partial charge on any atom is -0.264 e. The normalized spacial score (nSPS) is 11.2. The Morgan fingerprint density at radius 2 is 0.640 bits per heavy atom. The highest BCUT2D eigenvalue weighted by molar-refractivity contribution is 6.07. The van der Waals surface area contributed by atoms with E-state index in [9.17, 15) is 0 Å². The number of rotatable bonds is 6. The zero-order valence-electron chi connectivity index (χ0n) is 27.1. The SMILES string of the molecule is c1cncc(-c2cc(-c3cccnc3)cc(-c3cc(-c4cc(-c5cccnc5)cc(-c5cccnc5)c4)c4cc5ccccc5cc4c3)c2)c1. The average molecular weight is 639 g/mol. The highest BCUT2D eigenvalue weighted by Crippen LogP contribution is 2.41. The second-order valence-electron chi connectivity index (χ2n) is 12.5. The van der Waals surface area contributed by atoms with Gasteiger partial charge in [0.2, 0.25) is 0 Å². The molecule has 0 spiro atoms. The fourth-order valence-electron chi connectivity index (χ4n) is 6.84. The lowest BCUT2D eigenvalue weighted by atomic mass is 9.87. The second kappa shape index (κ2) is 12.7. The van der Waals surface area contributed by atoms with Crippen LogP contribution in [0.3, 0.4) is 0 Å². The molecular formula is C46H30N4. The van der Waals surface area contributed by atoms with Gasteiger partial charge in [-0.2, -0.15) is 0 Å². The molecule has 9 rings (SSSR count). The van der Waals surface area contributed by atoms with Gasteiger partial charge in [-0.3, -0.25) is 19.9 Å². The fourth-order valence-corrected chi connectivity index (χ4v) is 6.84. The molecule has 0 radical (unpaired) electrons. The van der Waals surface area contributed by atoms with Gasteiger partial charge in [0.15, 0.2) is 0 Å². The van der Waals surface area contributed by atoms with Gasteiger partial charge in [-0.1, -0.05) is 48.5 Å². The van der Waals surface area contributed by atoms with Crippen LogP contribution < -0.4 is 0 Å². The van der Waals surface area contributed by atoms with E-state index in [4.69, 9.17) is 0 Å². The Bertz CT molecular complexity index is 2510. The molecule has 50 heavy (non-hydrogen) atoms. The minimum atomic E-state index is 1.07. The molecule has 4 nitrogen and oxygen atoms in total. The van der Waals surface area contributed by atoms with Crippen molar-refractivity contribution in [2.24, 2.45) is 0 Å². The number of benzene rings is 5. The molecule has 0 aliphatic heterocycles. The zero-order valence-corrected chi connectivity index (χ0v) is 27.1. The molecule has 5 aromatic carbocycles. The summed E-state index contributed by atoms with van der Waals surface area (Å²) in [6.45, 7) is 0. The maximum Gasteiger partial charge on any atom is 0.0346 e. The first kappa shape index (κ1) is 29.4. The lowest BCUT2D eigenvalue weighted by molar-refractivity contribution is 1.32. The van der Waals surface area contributed by atoms with E-state index in [2.05, 4.69) is 129 Å². The number of pyridine rings is 4. The van der Waals surface area contributed by atoms with Crippen LogP contribution in [0.5, 0.6) is 0 Å². The number of aromatic nitrogens is 4. The molecule has 0 N–H and O–H groups in total. The maximum atomic E-state index is 4.45. The molecule has 0 saturated heterocycles. The van der Waals surface area contributed by atoms with Crippen molar-refractivity contribution in [1.82, 2.24) is 19.9 Å². The van der Waals surface area contributed by atoms with E-state index in [1.165, 1.54) is 21.5 Å². The fraction of sp³-hybridized carbons (Fsp3) is 0. The topological polar surface area (TPSA) is 51.6 Å². The first-order chi connectivity index (χ1) is 24.7. The van der Waals surface area contributed by atoms with Crippen molar-refractivity contribution >= 4 is 21.5 Å². The molecule has 0 bridgehead atoms. The number of nitrogens with zero attached hydrogens (tertiary/aromatic N) is 4. The Hall–Kier alpha value is -6.78. The summed E-state index contributed by atoms with van der Waals surface area (Å²) in [4.78, 5) is 17.8. The molecule has 0 atom stereocenters. The average Bonchev–Trinajstić information content (AvgIpc) is 3.20. The molecule has 234 valence electrons. The Morgan fingerprint density at radius 3 is 1.06 bits per heavy atom. The highest BCUT2D eigenvalue weighted by Gasteiger charge is 2.15. The summed E-state index contributed by atoms with van der Waals surface area (Å²) in [5.41, 5.74) is 13.2. The molecule has 9 aromatic rings. The molecule has 0 amide bonds. The van der Waals surface area contributed by atoms with Crippen LogP contribution in [0.2, 0.25) is 0 Å². The molecule has 4 aromatic heterocycles. The molecule has 0 fully saturated rings. The van der Waals surface area contributed by atoms with Crippen LogP contribution in [0, 0.1) is 0 Å². The lowest BCUT2D eigenvalue weighted by Crippen LogP contribution is -1.91. The summed E-state index contributed by atoms with van der Waals surface area (Å²) in [7, 11) is 0. The van der Waals surface area contributed by atoms with Gasteiger partial charge in [0.25, 0.3) is 0 Å². The van der Waals surface area contributed by atoms with Crippen molar-refractivity contribution in [3.05, 3.63) is 183 Å². The highest BCUT2D eigenvalue weighted by atomic mass is 14.6. The maximum absolute atomic E-state index is 4.45. The first-order valence-corrected chi connectivity index (χ1v) is 16.6. The van der Waals surface area contributed by atoms with Gasteiger partial charge in [-0.25, -0.2) is 0 Å². The monoisotopic (exact) mass is 638 g/mol. The number of fused-ring (bicyclic) bond motifs is 2. The van der Waals surface area contributed by atoms with Gasteiger partial charge < -0.3 is 0 Å². The van der Waals surface area contributed by atoms with Gasteiger partial charge in [0.1, 0.15) is 0 Å². The van der Waals surface area contributed by atoms with Crippen molar-refractivity contribution in [2.45, 2.75) is 0 Å². The van der Waals surface area contributed by atoms with Crippen LogP contribution in [0.4, 0.5) is 0 Å². The third-order valence-corrected chi connectivity index (χ3v) is 9.31. The van der Waals surface area contributed by atoms with E-state index in [-0.39, 0.29) is 0 Å². The van der Waals surface area contributed by atoms with Crippen molar-refractivity contribution in [3.8, 4) is 66.8 Å². The molecule has 0 aliphatic carbocycles. The third-order valence-electron chi connectivity index (χ3n) is 9.31. The molecule has 0 aliphatic rings. The summed E-state index contributed by atoms with van der Waals surface area (Å²) >= 11 is 0. The van der Waals surface area contributed by atoms with Crippen molar-refractivity contribution in [2.75, 3.05) is 0 Å². The van der Waals surface area contributed by atoms with E-state index in [0.29, 0.717) is 0 Å². The first-order valence-electron chi connectivity index (χ1n) is 16.6. The Balaban J connectivity index is 1.33. The van der Waals surface area contributed by atoms with Crippen molar-refractivity contribution in [3.63, 3.8) is 0 Å². The molecular weight excluding hydrogens is 609 g/mol. The Labute approximate surface area is 290 Å². The van der Waals surface area contributed by atoms with E-state index in [1.807, 2.05) is 73.8 Å². The largest absolute Gasteiger partial charge is 0.264 e. The van der Waals surface area contributed by atoms with Crippen LogP contribution in [-0.4, -0.2) is 19.9 Å². The molecule has 4 heterocycles. The summed E-state index contributed by atoms with van der Waals surface area (Å²) in [6.07, 6.45) is 15.0. The molecule has 0 saturated carbocycles. The summed E-state index contributed by atoms with van der Waals surface area (Å²) in [5, 5.41) is 4.80. The van der Waals surface area contributed by atoms with Crippen LogP contribution in [0.15, 0.2) is 183 Å². The van der Waals surface area contributed by atoms with E-state index >= 15 is 0 Å². The van der Waals surface area contributed by atoms with Crippen molar-refractivity contribution < 1.29 is 0 Å². The van der Waals surface area contributed by atoms with Crippen LogP contribution >= 0.6 is 0 Å². The van der Waals surface area contributed by atoms with Crippen LogP contribution in [0.25, 0.3) is 88.3 Å². The van der Waals surface area contributed by atoms with Crippen LogP contribution in [-0.2, 0) is 0 Å². The molecule has 0 unspecified atom stereocenters. The van der Waals surface area contributed by atoms with Crippen molar-refractivity contribution in [1.29, 1.82) is 0 Å². The van der Waals surface area contributed by atoms with Gasteiger partial charge in [0, 0.05) is 71.8 Å². The van der Waals surface area contributed by atoms with Crippen LogP contribution in [0.1, 0.15) is 0 Å². The summed E-state index contributed by atoms with van der Waals surface area (Å²) in [6, 6.07) is 47.9. The van der Waals surface area contributed by atoms with E-state index in [0.717, 1.165) is 66.8 Å². The second-order valence-corrected chi connectivity index (χ2v) is 12.5. The van der Waals surface area contributed by atoms with E-state index in [1.54, 1.807) is 0 Å². The quantitative estimate of drug-likeness (QED) is 0.170. The number of hydrogen-bond acceptors (Lipinski definition) is 4. The zero-order chi connectivity index (χ0) is 33.3. The lowest BCUT2D eigenvalue weighted by Gasteiger charge is -2.17.